The highest BCUT2D eigenvalue weighted by molar-refractivity contribution is 5.77. The molecule has 0 aromatic heterocycles. The van der Waals surface area contributed by atoms with Crippen molar-refractivity contribution in [3.63, 3.8) is 0 Å². The third kappa shape index (κ3) is 3.89. The minimum Gasteiger partial charge on any atom is -0.469 e. The molecule has 5 aliphatic rings. The topological polar surface area (TPSA) is 111 Å². The summed E-state index contributed by atoms with van der Waals surface area (Å²) in [6, 6.07) is 3.21. The molecule has 1 aromatic carbocycles. The molecule has 6 rings (SSSR count). The second-order valence-corrected chi connectivity index (χ2v) is 10.1. The Morgan fingerprint density at radius 3 is 2.64 bits per heavy atom. The summed E-state index contributed by atoms with van der Waals surface area (Å²) < 4.78 is 24.5. The van der Waals surface area contributed by atoms with E-state index in [0.29, 0.717) is 38.3 Å². The van der Waals surface area contributed by atoms with Crippen molar-refractivity contribution < 1.29 is 28.4 Å². The Labute approximate surface area is 190 Å². The van der Waals surface area contributed by atoms with Crippen LogP contribution < -0.4 is 5.32 Å². The number of esters is 1. The van der Waals surface area contributed by atoms with Gasteiger partial charge in [-0.3, -0.25) is 14.9 Å². The molecule has 1 amide bonds. The van der Waals surface area contributed by atoms with Crippen molar-refractivity contribution in [2.45, 2.75) is 50.7 Å². The van der Waals surface area contributed by atoms with Crippen molar-refractivity contribution in [3.8, 4) is 0 Å². The molecule has 1 aromatic rings. The molecule has 33 heavy (non-hydrogen) atoms. The molecule has 2 unspecified atom stereocenters. The van der Waals surface area contributed by atoms with Crippen molar-refractivity contribution in [2.24, 2.45) is 23.2 Å². The zero-order chi connectivity index (χ0) is 23.3. The van der Waals surface area contributed by atoms with Gasteiger partial charge in [0.1, 0.15) is 17.6 Å². The van der Waals surface area contributed by atoms with Gasteiger partial charge in [-0.25, -0.2) is 9.18 Å². The number of carbonyl (C=O) groups is 2. The lowest BCUT2D eigenvalue weighted by Gasteiger charge is -2.57. The summed E-state index contributed by atoms with van der Waals surface area (Å²) in [4.78, 5) is 37.6. The molecular weight excluding hydrogens is 433 g/mol. The Balaban J connectivity index is 1.20. The summed E-state index contributed by atoms with van der Waals surface area (Å²) in [5.41, 5.74) is -0.513. The van der Waals surface area contributed by atoms with Crippen LogP contribution in [0.1, 0.15) is 38.5 Å². The van der Waals surface area contributed by atoms with E-state index in [1.54, 1.807) is 4.90 Å². The van der Waals surface area contributed by atoms with Crippen molar-refractivity contribution in [2.75, 3.05) is 25.5 Å². The lowest BCUT2D eigenvalue weighted by Crippen LogP contribution is -2.58. The van der Waals surface area contributed by atoms with E-state index in [-0.39, 0.29) is 47.4 Å². The van der Waals surface area contributed by atoms with E-state index in [0.717, 1.165) is 25.3 Å². The fraction of sp³-hybridized carbons (Fsp3) is 0.652. The molecule has 1 aliphatic heterocycles. The first-order chi connectivity index (χ1) is 15.8. The number of anilines is 1. The first kappa shape index (κ1) is 21.9. The van der Waals surface area contributed by atoms with Crippen LogP contribution in [-0.2, 0) is 14.3 Å². The number of halogens is 1. The van der Waals surface area contributed by atoms with E-state index in [1.807, 2.05) is 0 Å². The lowest BCUT2D eigenvalue weighted by molar-refractivity contribution is -0.384. The molecule has 178 valence electrons. The number of nitro groups is 1. The highest BCUT2D eigenvalue weighted by atomic mass is 19.1. The number of nitro benzene ring substituents is 1. The smallest absolute Gasteiger partial charge is 0.410 e. The van der Waals surface area contributed by atoms with Crippen LogP contribution in [0.2, 0.25) is 0 Å². The van der Waals surface area contributed by atoms with Crippen LogP contribution in [0.5, 0.6) is 0 Å². The fourth-order valence-corrected chi connectivity index (χ4v) is 6.87. The summed E-state index contributed by atoms with van der Waals surface area (Å²) in [5.74, 6) is 0.0438. The molecule has 4 bridgehead atoms. The van der Waals surface area contributed by atoms with Gasteiger partial charge in [0, 0.05) is 19.1 Å². The SMILES string of the molecule is COC(=O)C12CC3CC(C1)C(OC(=O)N1CC[C@H](Nc4ccc(F)cc4[N+](=O)[O-])C1)C(C3)C2. The Kier molecular flexibility index (Phi) is 5.41. The molecule has 1 saturated heterocycles. The fourth-order valence-electron chi connectivity index (χ4n) is 6.87. The van der Waals surface area contributed by atoms with Crippen LogP contribution in [0.25, 0.3) is 0 Å². The number of nitrogens with one attached hydrogen (secondary N) is 1. The van der Waals surface area contributed by atoms with Gasteiger partial charge in [0.2, 0.25) is 0 Å². The second kappa shape index (κ2) is 8.14. The van der Waals surface area contributed by atoms with Crippen LogP contribution >= 0.6 is 0 Å². The van der Waals surface area contributed by atoms with Gasteiger partial charge in [0.15, 0.2) is 0 Å². The van der Waals surface area contributed by atoms with Gasteiger partial charge in [-0.05, 0) is 68.4 Å². The predicted molar refractivity (Wildman–Crippen MR) is 115 cm³/mol. The average Bonchev–Trinajstić information content (AvgIpc) is 3.25. The van der Waals surface area contributed by atoms with Gasteiger partial charge in [-0.15, -0.1) is 0 Å². The number of rotatable bonds is 5. The number of nitrogens with zero attached hydrogens (tertiary/aromatic N) is 2. The number of likely N-dealkylation sites (tertiary alicyclic amines) is 1. The van der Waals surface area contributed by atoms with E-state index < -0.39 is 16.2 Å². The largest absolute Gasteiger partial charge is 0.469 e. The van der Waals surface area contributed by atoms with Gasteiger partial charge in [0.25, 0.3) is 5.69 Å². The third-order valence-corrected chi connectivity index (χ3v) is 8.00. The molecule has 4 aliphatic carbocycles. The molecular formula is C23H28FN3O6. The van der Waals surface area contributed by atoms with E-state index in [4.69, 9.17) is 9.47 Å². The van der Waals surface area contributed by atoms with Crippen LogP contribution in [0.3, 0.4) is 0 Å². The second-order valence-electron chi connectivity index (χ2n) is 10.1. The zero-order valence-electron chi connectivity index (χ0n) is 18.5. The number of methoxy groups -OCH3 is 1. The van der Waals surface area contributed by atoms with E-state index in [9.17, 15) is 24.1 Å². The van der Waals surface area contributed by atoms with Gasteiger partial charge in [0.05, 0.1) is 23.5 Å². The lowest BCUT2D eigenvalue weighted by atomic mass is 9.48. The number of benzene rings is 1. The molecule has 1 N–H and O–H groups in total. The highest BCUT2D eigenvalue weighted by Gasteiger charge is 2.60. The maximum absolute atomic E-state index is 13.4. The third-order valence-electron chi connectivity index (χ3n) is 8.00. The van der Waals surface area contributed by atoms with Crippen LogP contribution in [0, 0.1) is 39.1 Å². The maximum Gasteiger partial charge on any atom is 0.410 e. The normalized spacial score (nSPS) is 34.2. The summed E-state index contributed by atoms with van der Waals surface area (Å²) in [5, 5.41) is 14.3. The molecule has 10 heteroatoms. The molecule has 9 nitrogen and oxygen atoms in total. The number of carbonyl (C=O) groups excluding carboxylic acids is 2. The molecule has 0 radical (unpaired) electrons. The number of ether oxygens (including phenoxy) is 2. The van der Waals surface area contributed by atoms with Gasteiger partial charge < -0.3 is 19.7 Å². The monoisotopic (exact) mass is 461 g/mol. The van der Waals surface area contributed by atoms with Gasteiger partial charge >= 0.3 is 12.1 Å². The van der Waals surface area contributed by atoms with Gasteiger partial charge in [-0.2, -0.15) is 0 Å². The first-order valence-corrected chi connectivity index (χ1v) is 11.5. The summed E-state index contributed by atoms with van der Waals surface area (Å²) in [7, 11) is 1.44. The van der Waals surface area contributed by atoms with Crippen LogP contribution in [-0.4, -0.2) is 54.2 Å². The van der Waals surface area contributed by atoms with Crippen molar-refractivity contribution >= 4 is 23.4 Å². The van der Waals surface area contributed by atoms with Crippen LogP contribution in [0.4, 0.5) is 20.6 Å². The number of hydrogen-bond acceptors (Lipinski definition) is 7. The predicted octanol–water partition coefficient (Wildman–Crippen LogP) is 3.72. The molecule has 1 heterocycles. The summed E-state index contributed by atoms with van der Waals surface area (Å²) in [6.45, 7) is 0.826. The Hall–Kier alpha value is -2.91. The summed E-state index contributed by atoms with van der Waals surface area (Å²) in [6.07, 6.45) is 4.30. The minimum absolute atomic E-state index is 0.130. The van der Waals surface area contributed by atoms with E-state index >= 15 is 0 Å². The molecule has 3 atom stereocenters. The zero-order valence-corrected chi connectivity index (χ0v) is 18.5. The first-order valence-electron chi connectivity index (χ1n) is 11.5. The standard InChI is InChI=1S/C23H28FN3O6/c1-32-21(28)23-9-13-6-14(10-23)20(15(7-13)11-23)33-22(29)26-5-4-17(12-26)25-18-3-2-16(24)8-19(18)27(30)31/h2-3,8,13-15,17,20,25H,4-7,9-12H2,1H3/t13?,14?,15?,17-,20?,23?/m0/s1. The molecule has 4 saturated carbocycles. The minimum atomic E-state index is -0.673. The van der Waals surface area contributed by atoms with Crippen molar-refractivity contribution in [1.82, 2.24) is 4.90 Å². The van der Waals surface area contributed by atoms with E-state index in [1.165, 1.54) is 19.2 Å². The number of amides is 1. The van der Waals surface area contributed by atoms with E-state index in [2.05, 4.69) is 5.32 Å². The Morgan fingerprint density at radius 2 is 1.97 bits per heavy atom. The quantitative estimate of drug-likeness (QED) is 0.404. The maximum atomic E-state index is 13.4. The highest BCUT2D eigenvalue weighted by Crippen LogP contribution is 2.61. The Morgan fingerprint density at radius 1 is 1.24 bits per heavy atom. The average molecular weight is 461 g/mol. The molecule has 5 fully saturated rings. The number of hydrogen-bond donors (Lipinski definition) is 1. The molecule has 0 spiro atoms. The van der Waals surface area contributed by atoms with Gasteiger partial charge in [-0.1, -0.05) is 0 Å². The van der Waals surface area contributed by atoms with Crippen LogP contribution in [0.15, 0.2) is 18.2 Å². The van der Waals surface area contributed by atoms with Crippen molar-refractivity contribution in [1.29, 1.82) is 0 Å². The Bertz CT molecular complexity index is 971. The van der Waals surface area contributed by atoms with Crippen molar-refractivity contribution in [3.05, 3.63) is 34.1 Å². The summed E-state index contributed by atoms with van der Waals surface area (Å²) >= 11 is 0.